The molecule has 0 radical (unpaired) electrons. The van der Waals surface area contributed by atoms with Gasteiger partial charge in [0, 0.05) is 29.7 Å². The second-order valence-corrected chi connectivity index (χ2v) is 6.08. The van der Waals surface area contributed by atoms with Gasteiger partial charge in [0.1, 0.15) is 0 Å². The SMILES string of the molecule is CSc1ccc(-c2cc(-n3cccn3)nc(-n3cccn3)c2)cc1. The Morgan fingerprint density at radius 3 is 1.83 bits per heavy atom. The standard InChI is InChI=1S/C18H15N5S/c1-24-16-6-4-14(5-7-16)15-12-17(22-10-2-8-19-22)21-18(13-15)23-11-3-9-20-23/h2-13H,1H3. The van der Waals surface area contributed by atoms with Crippen molar-refractivity contribution in [2.24, 2.45) is 0 Å². The van der Waals surface area contributed by atoms with E-state index in [1.807, 2.05) is 36.7 Å². The molecule has 0 spiro atoms. The fourth-order valence-corrected chi connectivity index (χ4v) is 2.90. The number of benzene rings is 1. The molecule has 3 aromatic heterocycles. The highest BCUT2D eigenvalue weighted by Gasteiger charge is 2.09. The van der Waals surface area contributed by atoms with Crippen LogP contribution >= 0.6 is 11.8 Å². The van der Waals surface area contributed by atoms with E-state index in [-0.39, 0.29) is 0 Å². The molecule has 0 saturated carbocycles. The highest BCUT2D eigenvalue weighted by atomic mass is 32.2. The van der Waals surface area contributed by atoms with Gasteiger partial charge >= 0.3 is 0 Å². The third-order valence-electron chi connectivity index (χ3n) is 3.70. The Kier molecular flexibility index (Phi) is 3.88. The number of rotatable bonds is 4. The van der Waals surface area contributed by atoms with Crippen LogP contribution in [0.1, 0.15) is 0 Å². The van der Waals surface area contributed by atoms with E-state index in [0.29, 0.717) is 0 Å². The molecule has 5 nitrogen and oxygen atoms in total. The van der Waals surface area contributed by atoms with E-state index in [1.165, 1.54) is 4.90 Å². The second-order valence-electron chi connectivity index (χ2n) is 5.20. The van der Waals surface area contributed by atoms with Crippen molar-refractivity contribution in [1.82, 2.24) is 24.5 Å². The number of hydrogen-bond acceptors (Lipinski definition) is 4. The summed E-state index contributed by atoms with van der Waals surface area (Å²) in [7, 11) is 0. The van der Waals surface area contributed by atoms with Gasteiger partial charge in [0.15, 0.2) is 11.6 Å². The molecule has 0 saturated heterocycles. The van der Waals surface area contributed by atoms with Crippen molar-refractivity contribution in [3.63, 3.8) is 0 Å². The number of pyridine rings is 1. The Balaban J connectivity index is 1.86. The van der Waals surface area contributed by atoms with Crippen LogP contribution in [0.15, 0.2) is 78.2 Å². The molecule has 0 fully saturated rings. The van der Waals surface area contributed by atoms with E-state index in [9.17, 15) is 0 Å². The molecule has 0 unspecified atom stereocenters. The molecule has 4 rings (SSSR count). The molecule has 0 amide bonds. The van der Waals surface area contributed by atoms with Crippen molar-refractivity contribution in [3.8, 4) is 22.8 Å². The molecule has 0 aliphatic rings. The summed E-state index contributed by atoms with van der Waals surface area (Å²) in [6.07, 6.45) is 9.34. The first-order valence-electron chi connectivity index (χ1n) is 7.50. The highest BCUT2D eigenvalue weighted by Crippen LogP contribution is 2.26. The summed E-state index contributed by atoms with van der Waals surface area (Å²) in [5, 5.41) is 8.58. The zero-order chi connectivity index (χ0) is 16.4. The summed E-state index contributed by atoms with van der Waals surface area (Å²) in [4.78, 5) is 5.92. The van der Waals surface area contributed by atoms with E-state index < -0.39 is 0 Å². The Morgan fingerprint density at radius 2 is 1.38 bits per heavy atom. The lowest BCUT2D eigenvalue weighted by atomic mass is 10.1. The van der Waals surface area contributed by atoms with Crippen molar-refractivity contribution in [2.45, 2.75) is 4.90 Å². The number of hydrogen-bond donors (Lipinski definition) is 0. The van der Waals surface area contributed by atoms with Crippen LogP contribution in [-0.4, -0.2) is 30.8 Å². The maximum absolute atomic E-state index is 4.67. The Hall–Kier alpha value is -2.86. The molecular formula is C18H15N5S. The summed E-state index contributed by atoms with van der Waals surface area (Å²) < 4.78 is 3.51. The lowest BCUT2D eigenvalue weighted by Crippen LogP contribution is -2.04. The van der Waals surface area contributed by atoms with E-state index >= 15 is 0 Å². The van der Waals surface area contributed by atoms with Gasteiger partial charge in [-0.25, -0.2) is 14.3 Å². The van der Waals surface area contributed by atoms with Crippen LogP contribution in [0.4, 0.5) is 0 Å². The van der Waals surface area contributed by atoms with Gasteiger partial charge in [-0.2, -0.15) is 10.2 Å². The molecule has 3 heterocycles. The summed E-state index contributed by atoms with van der Waals surface area (Å²) in [6.45, 7) is 0. The minimum atomic E-state index is 0.761. The Labute approximate surface area is 144 Å². The fraction of sp³-hybridized carbons (Fsp3) is 0.0556. The first kappa shape index (κ1) is 14.7. The fourth-order valence-electron chi connectivity index (χ4n) is 2.50. The van der Waals surface area contributed by atoms with Gasteiger partial charge in [0.25, 0.3) is 0 Å². The van der Waals surface area contributed by atoms with Crippen molar-refractivity contribution in [3.05, 3.63) is 73.3 Å². The Bertz CT molecular complexity index is 876. The van der Waals surface area contributed by atoms with Crippen LogP contribution < -0.4 is 0 Å². The van der Waals surface area contributed by atoms with Gasteiger partial charge in [-0.05, 0) is 53.8 Å². The number of aromatic nitrogens is 5. The third kappa shape index (κ3) is 2.83. The highest BCUT2D eigenvalue weighted by molar-refractivity contribution is 7.98. The van der Waals surface area contributed by atoms with Crippen molar-refractivity contribution in [1.29, 1.82) is 0 Å². The summed E-state index contributed by atoms with van der Waals surface area (Å²) in [6, 6.07) is 16.3. The van der Waals surface area contributed by atoms with Crippen LogP contribution in [-0.2, 0) is 0 Å². The number of thioether (sulfide) groups is 1. The normalized spacial score (nSPS) is 10.9. The minimum Gasteiger partial charge on any atom is -0.223 e. The summed E-state index contributed by atoms with van der Waals surface area (Å²) in [5.41, 5.74) is 2.21. The molecule has 6 heteroatoms. The van der Waals surface area contributed by atoms with Crippen LogP contribution in [0.2, 0.25) is 0 Å². The molecule has 118 valence electrons. The number of nitrogens with zero attached hydrogens (tertiary/aromatic N) is 5. The topological polar surface area (TPSA) is 48.5 Å². The van der Waals surface area contributed by atoms with Crippen LogP contribution in [0.25, 0.3) is 22.8 Å². The van der Waals surface area contributed by atoms with Gasteiger partial charge in [0.2, 0.25) is 0 Å². The van der Waals surface area contributed by atoms with Crippen LogP contribution in [0.3, 0.4) is 0 Å². The predicted octanol–water partition coefficient (Wildman–Crippen LogP) is 3.84. The largest absolute Gasteiger partial charge is 0.223 e. The average Bonchev–Trinajstić information content (AvgIpc) is 3.35. The molecule has 0 aliphatic carbocycles. The molecule has 0 atom stereocenters. The monoisotopic (exact) mass is 333 g/mol. The third-order valence-corrected chi connectivity index (χ3v) is 4.44. The minimum absolute atomic E-state index is 0.761. The van der Waals surface area contributed by atoms with Gasteiger partial charge in [-0.1, -0.05) is 12.1 Å². The van der Waals surface area contributed by atoms with E-state index in [0.717, 1.165) is 22.8 Å². The lowest BCUT2D eigenvalue weighted by molar-refractivity contribution is 0.804. The van der Waals surface area contributed by atoms with Gasteiger partial charge < -0.3 is 0 Å². The predicted molar refractivity (Wildman–Crippen MR) is 95.7 cm³/mol. The van der Waals surface area contributed by atoms with E-state index in [4.69, 9.17) is 0 Å². The van der Waals surface area contributed by atoms with E-state index in [1.54, 1.807) is 33.5 Å². The quantitative estimate of drug-likeness (QED) is 0.532. The first-order chi connectivity index (χ1) is 11.8. The summed E-state index contributed by atoms with van der Waals surface area (Å²) >= 11 is 1.73. The van der Waals surface area contributed by atoms with Crippen LogP contribution in [0.5, 0.6) is 0 Å². The molecule has 0 bridgehead atoms. The van der Waals surface area contributed by atoms with Gasteiger partial charge in [0.05, 0.1) is 0 Å². The Morgan fingerprint density at radius 1 is 0.792 bits per heavy atom. The molecule has 1 aromatic carbocycles. The van der Waals surface area contributed by atoms with Crippen molar-refractivity contribution < 1.29 is 0 Å². The van der Waals surface area contributed by atoms with Gasteiger partial charge in [-0.15, -0.1) is 11.8 Å². The van der Waals surface area contributed by atoms with E-state index in [2.05, 4.69) is 45.7 Å². The average molecular weight is 333 g/mol. The molecule has 0 aliphatic heterocycles. The molecule has 24 heavy (non-hydrogen) atoms. The first-order valence-corrected chi connectivity index (χ1v) is 8.72. The maximum Gasteiger partial charge on any atom is 0.156 e. The molecule has 4 aromatic rings. The zero-order valence-electron chi connectivity index (χ0n) is 13.1. The molecular weight excluding hydrogens is 318 g/mol. The van der Waals surface area contributed by atoms with Crippen LogP contribution in [0, 0.1) is 0 Å². The van der Waals surface area contributed by atoms with Gasteiger partial charge in [-0.3, -0.25) is 0 Å². The lowest BCUT2D eigenvalue weighted by Gasteiger charge is -2.10. The van der Waals surface area contributed by atoms with Crippen molar-refractivity contribution >= 4 is 11.8 Å². The zero-order valence-corrected chi connectivity index (χ0v) is 13.9. The maximum atomic E-state index is 4.67. The molecule has 0 N–H and O–H groups in total. The van der Waals surface area contributed by atoms with Crippen molar-refractivity contribution in [2.75, 3.05) is 6.26 Å². The second kappa shape index (κ2) is 6.33. The summed E-state index contributed by atoms with van der Waals surface area (Å²) in [5.74, 6) is 1.52. The smallest absolute Gasteiger partial charge is 0.156 e.